The highest BCUT2D eigenvalue weighted by atomic mass is 32.1. The summed E-state index contributed by atoms with van der Waals surface area (Å²) in [5.41, 5.74) is -0.476. The van der Waals surface area contributed by atoms with Gasteiger partial charge >= 0.3 is 7.12 Å². The van der Waals surface area contributed by atoms with Crippen molar-refractivity contribution in [3.05, 3.63) is 17.0 Å². The van der Waals surface area contributed by atoms with Crippen molar-refractivity contribution in [3.8, 4) is 0 Å². The van der Waals surface area contributed by atoms with Gasteiger partial charge in [0, 0.05) is 9.65 Å². The first kappa shape index (κ1) is 12.7. The molecule has 2 heterocycles. The lowest BCUT2D eigenvalue weighted by molar-refractivity contribution is 0.00578. The summed E-state index contributed by atoms with van der Waals surface area (Å²) in [6.45, 7) is 8.42. The average Bonchev–Trinajstić information content (AvgIpc) is 2.68. The first-order valence-corrected chi connectivity index (χ1v) is 7.66. The molecule has 18 heavy (non-hydrogen) atoms. The SMILES string of the molecule is CC1(C)OB(c2ccc(C3CCC3)s2)OC1(C)C. The van der Waals surface area contributed by atoms with Crippen LogP contribution in [0.1, 0.15) is 57.8 Å². The van der Waals surface area contributed by atoms with E-state index in [-0.39, 0.29) is 18.3 Å². The minimum absolute atomic E-state index is 0.186. The summed E-state index contributed by atoms with van der Waals surface area (Å²) in [5, 5.41) is 0. The van der Waals surface area contributed by atoms with Gasteiger partial charge < -0.3 is 9.31 Å². The van der Waals surface area contributed by atoms with E-state index >= 15 is 0 Å². The fourth-order valence-corrected chi connectivity index (χ4v) is 3.51. The highest BCUT2D eigenvalue weighted by molar-refractivity contribution is 7.22. The fraction of sp³-hybridized carbons (Fsp3) is 0.714. The molecule has 0 amide bonds. The van der Waals surface area contributed by atoms with Crippen LogP contribution >= 0.6 is 11.3 Å². The third-order valence-corrected chi connectivity index (χ3v) is 5.91. The van der Waals surface area contributed by atoms with Crippen LogP contribution in [-0.2, 0) is 9.31 Å². The third-order valence-electron chi connectivity index (χ3n) is 4.64. The second-order valence-electron chi connectivity index (χ2n) is 6.46. The molecule has 4 heteroatoms. The van der Waals surface area contributed by atoms with E-state index in [1.54, 1.807) is 0 Å². The minimum Gasteiger partial charge on any atom is -0.399 e. The molecule has 1 aliphatic carbocycles. The molecule has 2 fully saturated rings. The molecule has 3 rings (SSSR count). The zero-order valence-electron chi connectivity index (χ0n) is 11.7. The predicted octanol–water partition coefficient (Wildman–Crippen LogP) is 3.31. The number of hydrogen-bond donors (Lipinski definition) is 0. The molecule has 0 aromatic carbocycles. The van der Waals surface area contributed by atoms with Gasteiger partial charge in [-0.25, -0.2) is 0 Å². The Balaban J connectivity index is 1.78. The van der Waals surface area contributed by atoms with Crippen LogP contribution in [0.5, 0.6) is 0 Å². The molecule has 1 aromatic rings. The molecule has 1 saturated heterocycles. The quantitative estimate of drug-likeness (QED) is 0.763. The monoisotopic (exact) mass is 264 g/mol. The van der Waals surface area contributed by atoms with Crippen LogP contribution in [0.4, 0.5) is 0 Å². The maximum Gasteiger partial charge on any atom is 0.505 e. The molecule has 0 unspecified atom stereocenters. The predicted molar refractivity (Wildman–Crippen MR) is 76.6 cm³/mol. The summed E-state index contributed by atoms with van der Waals surface area (Å²) < 4.78 is 13.4. The van der Waals surface area contributed by atoms with Crippen molar-refractivity contribution in [1.29, 1.82) is 0 Å². The molecule has 0 bridgehead atoms. The molecule has 0 radical (unpaired) electrons. The number of hydrogen-bond acceptors (Lipinski definition) is 3. The van der Waals surface area contributed by atoms with Crippen molar-refractivity contribution in [2.45, 2.75) is 64.1 Å². The largest absolute Gasteiger partial charge is 0.505 e. The van der Waals surface area contributed by atoms with Crippen LogP contribution in [0, 0.1) is 0 Å². The Hall–Kier alpha value is -0.315. The Morgan fingerprint density at radius 1 is 1.11 bits per heavy atom. The van der Waals surface area contributed by atoms with Gasteiger partial charge in [-0.2, -0.15) is 0 Å². The summed E-state index contributed by atoms with van der Waals surface area (Å²) in [7, 11) is -0.186. The van der Waals surface area contributed by atoms with Gasteiger partial charge in [-0.1, -0.05) is 12.5 Å². The van der Waals surface area contributed by atoms with Gasteiger partial charge in [-0.15, -0.1) is 11.3 Å². The van der Waals surface area contributed by atoms with Crippen LogP contribution < -0.4 is 4.78 Å². The van der Waals surface area contributed by atoms with E-state index in [9.17, 15) is 0 Å². The highest BCUT2D eigenvalue weighted by Crippen LogP contribution is 2.40. The van der Waals surface area contributed by atoms with E-state index in [4.69, 9.17) is 9.31 Å². The van der Waals surface area contributed by atoms with Crippen molar-refractivity contribution in [3.63, 3.8) is 0 Å². The maximum atomic E-state index is 6.08. The second kappa shape index (κ2) is 4.09. The van der Waals surface area contributed by atoms with E-state index < -0.39 is 0 Å². The van der Waals surface area contributed by atoms with Gasteiger partial charge in [0.15, 0.2) is 0 Å². The topological polar surface area (TPSA) is 18.5 Å². The van der Waals surface area contributed by atoms with Crippen LogP contribution in [0.3, 0.4) is 0 Å². The van der Waals surface area contributed by atoms with Crippen LogP contribution in [0.15, 0.2) is 12.1 Å². The summed E-state index contributed by atoms with van der Waals surface area (Å²) in [6.07, 6.45) is 4.08. The lowest BCUT2D eigenvalue weighted by Crippen LogP contribution is -2.41. The van der Waals surface area contributed by atoms with Gasteiger partial charge in [-0.05, 0) is 52.5 Å². The Morgan fingerprint density at radius 3 is 2.22 bits per heavy atom. The van der Waals surface area contributed by atoms with Crippen molar-refractivity contribution in [2.24, 2.45) is 0 Å². The average molecular weight is 264 g/mol. The lowest BCUT2D eigenvalue weighted by atomic mass is 9.84. The summed E-state index contributed by atoms with van der Waals surface area (Å²) in [6, 6.07) is 4.44. The van der Waals surface area contributed by atoms with Crippen molar-refractivity contribution < 1.29 is 9.31 Å². The molecular formula is C14H21BO2S. The number of rotatable bonds is 2. The van der Waals surface area contributed by atoms with Crippen molar-refractivity contribution in [2.75, 3.05) is 0 Å². The Bertz CT molecular complexity index is 432. The lowest BCUT2D eigenvalue weighted by Gasteiger charge is -2.32. The zero-order chi connectivity index (χ0) is 13.0. The molecular weight excluding hydrogens is 243 g/mol. The fourth-order valence-electron chi connectivity index (χ4n) is 2.37. The van der Waals surface area contributed by atoms with E-state index in [2.05, 4.69) is 39.8 Å². The van der Waals surface area contributed by atoms with E-state index in [0.29, 0.717) is 0 Å². The molecule has 2 nitrogen and oxygen atoms in total. The Kier molecular flexibility index (Phi) is 2.89. The molecule has 0 spiro atoms. The molecule has 98 valence electrons. The molecule has 1 aromatic heterocycles. The van der Waals surface area contributed by atoms with Gasteiger partial charge in [0.2, 0.25) is 0 Å². The Morgan fingerprint density at radius 2 is 1.72 bits per heavy atom. The number of thiophene rings is 1. The van der Waals surface area contributed by atoms with Gasteiger partial charge in [0.05, 0.1) is 11.2 Å². The van der Waals surface area contributed by atoms with Crippen molar-refractivity contribution >= 4 is 23.2 Å². The van der Waals surface area contributed by atoms with E-state index in [1.807, 2.05) is 11.3 Å². The smallest absolute Gasteiger partial charge is 0.399 e. The summed E-state index contributed by atoms with van der Waals surface area (Å²) in [5.74, 6) is 0.797. The summed E-state index contributed by atoms with van der Waals surface area (Å²) in [4.78, 5) is 1.51. The van der Waals surface area contributed by atoms with Crippen LogP contribution in [0.25, 0.3) is 0 Å². The van der Waals surface area contributed by atoms with Gasteiger partial charge in [-0.3, -0.25) is 0 Å². The first-order valence-electron chi connectivity index (χ1n) is 6.84. The van der Waals surface area contributed by atoms with Crippen LogP contribution in [0.2, 0.25) is 0 Å². The highest BCUT2D eigenvalue weighted by Gasteiger charge is 2.52. The molecule has 0 N–H and O–H groups in total. The zero-order valence-corrected chi connectivity index (χ0v) is 12.5. The minimum atomic E-state index is -0.238. The van der Waals surface area contributed by atoms with Crippen molar-refractivity contribution in [1.82, 2.24) is 0 Å². The second-order valence-corrected chi connectivity index (χ2v) is 7.60. The van der Waals surface area contributed by atoms with Crippen LogP contribution in [-0.4, -0.2) is 18.3 Å². The summed E-state index contributed by atoms with van der Waals surface area (Å²) >= 11 is 1.87. The molecule has 1 aliphatic heterocycles. The molecule has 1 saturated carbocycles. The first-order chi connectivity index (χ1) is 8.39. The Labute approximate surface area is 114 Å². The molecule has 0 atom stereocenters. The normalized spacial score (nSPS) is 26.3. The maximum absolute atomic E-state index is 6.08. The third kappa shape index (κ3) is 1.95. The van der Waals surface area contributed by atoms with Gasteiger partial charge in [0.25, 0.3) is 0 Å². The molecule has 2 aliphatic rings. The van der Waals surface area contributed by atoms with Gasteiger partial charge in [0.1, 0.15) is 0 Å². The van der Waals surface area contributed by atoms with E-state index in [0.717, 1.165) is 5.92 Å². The van der Waals surface area contributed by atoms with E-state index in [1.165, 1.54) is 28.9 Å². The standard InChI is InChI=1S/C14H21BO2S/c1-13(2)14(3,4)17-15(16-13)12-9-8-11(18-12)10-6-5-7-10/h8-10H,5-7H2,1-4H3.